The van der Waals surface area contributed by atoms with Crippen LogP contribution in [0.2, 0.25) is 0 Å². The van der Waals surface area contributed by atoms with E-state index in [1.165, 1.54) is 138 Å². The molecule has 67 heavy (non-hydrogen) atoms. The van der Waals surface area contributed by atoms with Crippen molar-refractivity contribution < 1.29 is 13.9 Å². The van der Waals surface area contributed by atoms with Crippen molar-refractivity contribution in [2.75, 3.05) is 6.61 Å². The number of benzene rings is 1. The van der Waals surface area contributed by atoms with E-state index in [0.717, 1.165) is 57.9 Å². The Labute approximate surface area is 426 Å². The monoisotopic (exact) mass is 1020 g/mol. The lowest BCUT2D eigenvalue weighted by molar-refractivity contribution is 0.0499. The van der Waals surface area contributed by atoms with Crippen molar-refractivity contribution in [3.05, 3.63) is 66.6 Å². The van der Waals surface area contributed by atoms with E-state index in [9.17, 15) is 4.79 Å². The molecule has 7 aromatic rings. The predicted octanol–water partition coefficient (Wildman–Crippen LogP) is 21.7. The topological polar surface area (TPSA) is 26.3 Å². The molecular weight excluding hydrogens is 940 g/mol. The van der Waals surface area contributed by atoms with E-state index < -0.39 is 11.8 Å². The zero-order chi connectivity index (χ0) is 48.0. The van der Waals surface area contributed by atoms with E-state index in [2.05, 4.69) is 113 Å². The Morgan fingerprint density at radius 1 is 0.612 bits per heavy atom. The minimum Gasteiger partial charge on any atom is -0.461 e. The fourth-order valence-corrected chi connectivity index (χ4v) is 17.4. The molecule has 0 saturated heterocycles. The lowest BCUT2D eigenvalue weighted by atomic mass is 9.87. The van der Waals surface area contributed by atoms with E-state index in [1.54, 1.807) is 11.3 Å². The van der Waals surface area contributed by atoms with E-state index in [-0.39, 0.29) is 15.7 Å². The molecule has 0 saturated carbocycles. The average Bonchev–Trinajstić information content (AvgIpc) is 4.18. The molecule has 6 heterocycles. The number of fused-ring (bicyclic) bond motifs is 3. The Morgan fingerprint density at radius 2 is 1.16 bits per heavy atom. The van der Waals surface area contributed by atoms with Gasteiger partial charge in [-0.2, -0.15) is 0 Å². The molecule has 2 unspecified atom stereocenters. The van der Waals surface area contributed by atoms with Crippen molar-refractivity contribution in [3.63, 3.8) is 0 Å². The van der Waals surface area contributed by atoms with Gasteiger partial charge in [-0.05, 0) is 84.7 Å². The smallest absolute Gasteiger partial charge is 0.351 e. The van der Waals surface area contributed by atoms with Crippen molar-refractivity contribution in [2.24, 2.45) is 11.8 Å². The van der Waals surface area contributed by atoms with Gasteiger partial charge in [0.15, 0.2) is 5.82 Å². The number of hydrogen-bond donors (Lipinski definition) is 0. The van der Waals surface area contributed by atoms with Gasteiger partial charge < -0.3 is 4.74 Å². The zero-order valence-corrected chi connectivity index (χ0v) is 47.4. The summed E-state index contributed by atoms with van der Waals surface area (Å²) >= 11 is 10.9. The highest BCUT2D eigenvalue weighted by Gasteiger charge is 2.34. The van der Waals surface area contributed by atoms with Gasteiger partial charge in [-0.1, -0.05) is 160 Å². The van der Waals surface area contributed by atoms with Crippen LogP contribution in [-0.4, -0.2) is 12.6 Å². The molecule has 364 valence electrons. The third kappa shape index (κ3) is 11.7. The van der Waals surface area contributed by atoms with Crippen LogP contribution in [0.25, 0.3) is 60.9 Å². The summed E-state index contributed by atoms with van der Waals surface area (Å²) in [7, 11) is 0. The van der Waals surface area contributed by atoms with Crippen LogP contribution in [0.5, 0.6) is 0 Å². The molecule has 0 aliphatic rings. The van der Waals surface area contributed by atoms with E-state index in [1.807, 2.05) is 45.3 Å². The first-order valence-corrected chi connectivity index (χ1v) is 30.7. The third-order valence-electron chi connectivity index (χ3n) is 14.2. The number of rotatable bonds is 25. The number of carbonyl (C=O) groups is 1. The molecule has 2 atom stereocenters. The standard InChI is InChI=1S/C58H77FO2S6/c1-12-18-21-22-23-24-31-61-56(60)54-49(59)48-53(66-54)52(67-55(48)58(10,11)17-6)44-34-40-46(42-29-27-38(62-42)32-36(15-4)25-19-13-2)51-41(35-45(65-51)57(7,8)9)47(50(40)64-44)43-30-28-39(63-43)33-37(16-5)26-20-14-3/h27-30,34-37H,12-26,31-33H2,1-11H3. The van der Waals surface area contributed by atoms with Crippen molar-refractivity contribution in [2.45, 2.75) is 196 Å². The average molecular weight is 1020 g/mol. The molecule has 0 aliphatic carbocycles. The Balaban J connectivity index is 1.43. The first-order chi connectivity index (χ1) is 32.2. The Hall–Kier alpha value is -2.40. The molecule has 2 nitrogen and oxygen atoms in total. The maximum absolute atomic E-state index is 17.0. The van der Waals surface area contributed by atoms with Gasteiger partial charge in [0.2, 0.25) is 0 Å². The van der Waals surface area contributed by atoms with Crippen molar-refractivity contribution in [1.29, 1.82) is 0 Å². The molecule has 7 rings (SSSR count). The summed E-state index contributed by atoms with van der Waals surface area (Å²) in [5.74, 6) is 0.464. The maximum atomic E-state index is 17.0. The Morgan fingerprint density at radius 3 is 1.72 bits per heavy atom. The van der Waals surface area contributed by atoms with Crippen LogP contribution in [0.3, 0.4) is 0 Å². The molecule has 0 amide bonds. The van der Waals surface area contributed by atoms with Gasteiger partial charge in [-0.15, -0.1) is 68.0 Å². The maximum Gasteiger partial charge on any atom is 0.351 e. The van der Waals surface area contributed by atoms with E-state index in [0.29, 0.717) is 23.8 Å². The van der Waals surface area contributed by atoms with Crippen LogP contribution in [0, 0.1) is 17.7 Å². The van der Waals surface area contributed by atoms with Crippen LogP contribution >= 0.6 is 68.0 Å². The molecule has 0 radical (unpaired) electrons. The first-order valence-electron chi connectivity index (χ1n) is 25.8. The van der Waals surface area contributed by atoms with Crippen molar-refractivity contribution >= 4 is 104 Å². The number of unbranched alkanes of at least 4 members (excludes halogenated alkanes) is 7. The second-order valence-electron chi connectivity index (χ2n) is 20.8. The number of carbonyl (C=O) groups excluding carboxylic acids is 1. The summed E-state index contributed by atoms with van der Waals surface area (Å²) in [5, 5.41) is 3.25. The number of thiophene rings is 6. The van der Waals surface area contributed by atoms with Gasteiger partial charge in [-0.25, -0.2) is 9.18 Å². The summed E-state index contributed by atoms with van der Waals surface area (Å²) in [6.45, 7) is 25.5. The normalized spacial score (nSPS) is 13.5. The van der Waals surface area contributed by atoms with Crippen molar-refractivity contribution in [1.82, 2.24) is 0 Å². The number of halogens is 1. The van der Waals surface area contributed by atoms with Crippen LogP contribution in [-0.2, 0) is 28.4 Å². The molecular formula is C58H77FO2S6. The molecule has 0 spiro atoms. The highest BCUT2D eigenvalue weighted by Crippen LogP contribution is 2.57. The summed E-state index contributed by atoms with van der Waals surface area (Å²) in [6.07, 6.45) is 19.8. The third-order valence-corrected chi connectivity index (χ3v) is 22.2. The quantitative estimate of drug-likeness (QED) is 0.0421. The fraction of sp³-hybridized carbons (Fsp3) is 0.569. The predicted molar refractivity (Wildman–Crippen MR) is 302 cm³/mol. The van der Waals surface area contributed by atoms with Crippen LogP contribution in [0.15, 0.2) is 36.4 Å². The largest absolute Gasteiger partial charge is 0.461 e. The number of esters is 1. The summed E-state index contributed by atoms with van der Waals surface area (Å²) in [4.78, 5) is 24.1. The van der Waals surface area contributed by atoms with Crippen LogP contribution < -0.4 is 0 Å². The Kier molecular flexibility index (Phi) is 18.2. The number of ether oxygens (including phenoxy) is 1. The van der Waals surface area contributed by atoms with E-state index in [4.69, 9.17) is 4.74 Å². The van der Waals surface area contributed by atoms with E-state index >= 15 is 4.39 Å². The van der Waals surface area contributed by atoms with Gasteiger partial charge in [0.05, 0.1) is 16.2 Å². The molecule has 0 fully saturated rings. The summed E-state index contributed by atoms with van der Waals surface area (Å²) in [5.41, 5.74) is 2.41. The minimum atomic E-state index is -0.527. The fourth-order valence-electron chi connectivity index (χ4n) is 9.46. The lowest BCUT2D eigenvalue weighted by Gasteiger charge is -2.21. The van der Waals surface area contributed by atoms with Gasteiger partial charge in [0.1, 0.15) is 4.88 Å². The minimum absolute atomic E-state index is 0.00106. The summed E-state index contributed by atoms with van der Waals surface area (Å²) in [6, 6.07) is 14.6. The van der Waals surface area contributed by atoms with Gasteiger partial charge in [0, 0.05) is 70.8 Å². The molecule has 0 aliphatic heterocycles. The number of hydrogen-bond acceptors (Lipinski definition) is 8. The zero-order valence-electron chi connectivity index (χ0n) is 42.5. The second kappa shape index (κ2) is 23.2. The summed E-state index contributed by atoms with van der Waals surface area (Å²) < 4.78 is 26.4. The molecule has 1 aromatic carbocycles. The first kappa shape index (κ1) is 52.4. The molecule has 9 heteroatoms. The molecule has 6 aromatic heterocycles. The van der Waals surface area contributed by atoms with Gasteiger partial charge >= 0.3 is 5.97 Å². The highest BCUT2D eigenvalue weighted by molar-refractivity contribution is 7.32. The van der Waals surface area contributed by atoms with Gasteiger partial charge in [0.25, 0.3) is 0 Å². The van der Waals surface area contributed by atoms with Crippen LogP contribution in [0.1, 0.15) is 202 Å². The Bertz CT molecular complexity index is 2610. The van der Waals surface area contributed by atoms with Gasteiger partial charge in [-0.3, -0.25) is 0 Å². The molecule has 0 bridgehead atoms. The molecule has 0 N–H and O–H groups in total. The lowest BCUT2D eigenvalue weighted by Crippen LogP contribution is -2.14. The van der Waals surface area contributed by atoms with Crippen molar-refractivity contribution in [3.8, 4) is 30.6 Å². The second-order valence-corrected chi connectivity index (χ2v) is 27.3. The highest BCUT2D eigenvalue weighted by atomic mass is 32.1. The van der Waals surface area contributed by atoms with Crippen LogP contribution in [0.4, 0.5) is 4.39 Å². The SMILES string of the molecule is CCCCCCCCOC(=O)c1sc2c(-c3cc4c(-c5ccc(CC(CC)CCCC)s5)c5sc(C(C)(C)C)cc5c(-c5ccc(CC(CC)CCCC)s5)c4s3)sc(C(C)(C)CC)c2c1F.